The Labute approximate surface area is 95.0 Å². The van der Waals surface area contributed by atoms with Crippen molar-refractivity contribution in [3.63, 3.8) is 0 Å². The number of benzene rings is 1. The fraction of sp³-hybridized carbons (Fsp3) is 0.400. The van der Waals surface area contributed by atoms with Crippen LogP contribution in [0.3, 0.4) is 0 Å². The smallest absolute Gasteiger partial charge is 0.390 e. The topological polar surface area (TPSA) is 9.23 Å². The summed E-state index contributed by atoms with van der Waals surface area (Å²) in [7, 11) is 1.27. The van der Waals surface area contributed by atoms with E-state index in [1.807, 2.05) is 0 Å². The summed E-state index contributed by atoms with van der Waals surface area (Å²) in [5, 5.41) is -1.29. The van der Waals surface area contributed by atoms with E-state index < -0.39 is 23.8 Å². The molecule has 1 rings (SSSR count). The number of methoxy groups -OCH3 is 1. The Hall–Kier alpha value is -0.970. The molecule has 0 saturated carbocycles. The summed E-state index contributed by atoms with van der Waals surface area (Å²) in [5.74, 6) is -0.757. The van der Waals surface area contributed by atoms with Gasteiger partial charge in [-0.2, -0.15) is 13.2 Å². The average molecular weight is 257 g/mol. The third-order valence-electron chi connectivity index (χ3n) is 1.95. The largest absolute Gasteiger partial charge is 0.494 e. The minimum Gasteiger partial charge on any atom is -0.494 e. The molecule has 0 aliphatic rings. The summed E-state index contributed by atoms with van der Waals surface area (Å²) in [6, 6.07) is 3.50. The monoisotopic (exact) mass is 256 g/mol. The van der Waals surface area contributed by atoms with Crippen molar-refractivity contribution in [3.8, 4) is 5.75 Å². The highest BCUT2D eigenvalue weighted by atomic mass is 35.5. The maximum Gasteiger partial charge on any atom is 0.390 e. The van der Waals surface area contributed by atoms with Gasteiger partial charge in [0, 0.05) is 0 Å². The standard InChI is InChI=1S/C10H9ClF4O/c1-16-9-3-2-6(4-8(9)12)7(11)5-10(13,14)15/h2-4,7H,5H2,1H3. The molecule has 1 aromatic rings. The summed E-state index contributed by atoms with van der Waals surface area (Å²) < 4.78 is 53.9. The van der Waals surface area contributed by atoms with Gasteiger partial charge < -0.3 is 4.74 Å². The lowest BCUT2D eigenvalue weighted by Gasteiger charge is -2.13. The maximum absolute atomic E-state index is 13.2. The predicted octanol–water partition coefficient (Wildman–Crippen LogP) is 4.07. The highest BCUT2D eigenvalue weighted by Crippen LogP contribution is 2.35. The van der Waals surface area contributed by atoms with Gasteiger partial charge in [0.25, 0.3) is 0 Å². The zero-order valence-corrected chi connectivity index (χ0v) is 9.07. The summed E-state index contributed by atoms with van der Waals surface area (Å²) in [5.41, 5.74) is 0.0808. The second-order valence-electron chi connectivity index (χ2n) is 3.18. The number of ether oxygens (including phenoxy) is 1. The predicted molar refractivity (Wildman–Crippen MR) is 52.2 cm³/mol. The van der Waals surface area contributed by atoms with E-state index >= 15 is 0 Å². The molecule has 6 heteroatoms. The van der Waals surface area contributed by atoms with E-state index in [4.69, 9.17) is 11.6 Å². The van der Waals surface area contributed by atoms with Crippen LogP contribution in [0.4, 0.5) is 17.6 Å². The summed E-state index contributed by atoms with van der Waals surface area (Å²) in [6.07, 6.45) is -5.57. The van der Waals surface area contributed by atoms with Crippen molar-refractivity contribution in [1.29, 1.82) is 0 Å². The second kappa shape index (κ2) is 4.91. The van der Waals surface area contributed by atoms with E-state index in [1.165, 1.54) is 19.2 Å². The van der Waals surface area contributed by atoms with E-state index in [9.17, 15) is 17.6 Å². The van der Waals surface area contributed by atoms with Gasteiger partial charge in [0.05, 0.1) is 18.9 Å². The van der Waals surface area contributed by atoms with Crippen molar-refractivity contribution in [3.05, 3.63) is 29.6 Å². The lowest BCUT2D eigenvalue weighted by Crippen LogP contribution is -2.10. The minimum atomic E-state index is -4.37. The van der Waals surface area contributed by atoms with Gasteiger partial charge in [0.2, 0.25) is 0 Å². The summed E-state index contributed by atoms with van der Waals surface area (Å²) in [6.45, 7) is 0. The Morgan fingerprint density at radius 2 is 2.00 bits per heavy atom. The van der Waals surface area contributed by atoms with Crippen LogP contribution in [0.15, 0.2) is 18.2 Å². The van der Waals surface area contributed by atoms with Crippen LogP contribution in [-0.4, -0.2) is 13.3 Å². The molecule has 90 valence electrons. The van der Waals surface area contributed by atoms with Crippen LogP contribution in [-0.2, 0) is 0 Å². The highest BCUT2D eigenvalue weighted by molar-refractivity contribution is 6.20. The molecule has 0 amide bonds. The van der Waals surface area contributed by atoms with Crippen molar-refractivity contribution in [2.75, 3.05) is 7.11 Å². The first-order valence-corrected chi connectivity index (χ1v) is 4.81. The van der Waals surface area contributed by atoms with Crippen molar-refractivity contribution in [1.82, 2.24) is 0 Å². The third kappa shape index (κ3) is 3.56. The molecule has 0 N–H and O–H groups in total. The Kier molecular flexibility index (Phi) is 4.02. The highest BCUT2D eigenvalue weighted by Gasteiger charge is 2.31. The molecule has 1 nitrogen and oxygen atoms in total. The van der Waals surface area contributed by atoms with Crippen LogP contribution in [0.1, 0.15) is 17.4 Å². The Morgan fingerprint density at radius 1 is 1.38 bits per heavy atom. The van der Waals surface area contributed by atoms with Crippen LogP contribution in [0.25, 0.3) is 0 Å². The fourth-order valence-electron chi connectivity index (χ4n) is 1.20. The van der Waals surface area contributed by atoms with Crippen molar-refractivity contribution in [2.45, 2.75) is 18.0 Å². The molecule has 0 aliphatic heterocycles. The minimum absolute atomic E-state index is 0.0281. The first-order chi connectivity index (χ1) is 7.33. The molecule has 0 heterocycles. The Bertz CT molecular complexity index is 364. The van der Waals surface area contributed by atoms with Crippen molar-refractivity contribution in [2.24, 2.45) is 0 Å². The van der Waals surface area contributed by atoms with E-state index in [1.54, 1.807) is 0 Å². The molecule has 16 heavy (non-hydrogen) atoms. The van der Waals surface area contributed by atoms with Gasteiger partial charge >= 0.3 is 6.18 Å². The van der Waals surface area contributed by atoms with Crippen LogP contribution >= 0.6 is 11.6 Å². The quantitative estimate of drug-likeness (QED) is 0.585. The molecule has 0 radical (unpaired) electrons. The number of alkyl halides is 4. The van der Waals surface area contributed by atoms with Crippen LogP contribution in [0.5, 0.6) is 5.75 Å². The first-order valence-electron chi connectivity index (χ1n) is 4.38. The van der Waals surface area contributed by atoms with Crippen LogP contribution < -0.4 is 4.74 Å². The van der Waals surface area contributed by atoms with E-state index in [0.717, 1.165) is 6.07 Å². The van der Waals surface area contributed by atoms with E-state index in [-0.39, 0.29) is 11.3 Å². The molecule has 0 spiro atoms. The molecule has 1 aromatic carbocycles. The van der Waals surface area contributed by atoms with Gasteiger partial charge in [-0.1, -0.05) is 6.07 Å². The molecule has 0 bridgehead atoms. The van der Waals surface area contributed by atoms with Gasteiger partial charge in [0.15, 0.2) is 11.6 Å². The molecule has 1 unspecified atom stereocenters. The van der Waals surface area contributed by atoms with Crippen LogP contribution in [0.2, 0.25) is 0 Å². The fourth-order valence-corrected chi connectivity index (χ4v) is 1.51. The first kappa shape index (κ1) is 13.1. The lowest BCUT2D eigenvalue weighted by atomic mass is 10.1. The third-order valence-corrected chi connectivity index (χ3v) is 2.35. The van der Waals surface area contributed by atoms with Gasteiger partial charge in [-0.25, -0.2) is 4.39 Å². The number of rotatable bonds is 3. The molecular formula is C10H9ClF4O. The molecule has 0 fully saturated rings. The molecule has 0 saturated heterocycles. The Morgan fingerprint density at radius 3 is 2.44 bits per heavy atom. The maximum atomic E-state index is 13.2. The van der Waals surface area contributed by atoms with Gasteiger partial charge in [0.1, 0.15) is 0 Å². The van der Waals surface area contributed by atoms with Crippen molar-refractivity contribution >= 4 is 11.6 Å². The van der Waals surface area contributed by atoms with E-state index in [0.29, 0.717) is 0 Å². The normalized spacial score (nSPS) is 13.6. The number of halogens is 5. The molecular weight excluding hydrogens is 248 g/mol. The molecule has 0 aliphatic carbocycles. The van der Waals surface area contributed by atoms with E-state index in [2.05, 4.69) is 4.74 Å². The second-order valence-corrected chi connectivity index (χ2v) is 3.71. The van der Waals surface area contributed by atoms with Crippen molar-refractivity contribution < 1.29 is 22.3 Å². The Balaban J connectivity index is 2.85. The van der Waals surface area contributed by atoms with Gasteiger partial charge in [-0.3, -0.25) is 0 Å². The molecule has 0 aromatic heterocycles. The number of hydrogen-bond acceptors (Lipinski definition) is 1. The zero-order valence-electron chi connectivity index (χ0n) is 8.31. The summed E-state index contributed by atoms with van der Waals surface area (Å²) in [4.78, 5) is 0. The summed E-state index contributed by atoms with van der Waals surface area (Å²) >= 11 is 5.53. The lowest BCUT2D eigenvalue weighted by molar-refractivity contribution is -0.134. The van der Waals surface area contributed by atoms with Gasteiger partial charge in [-0.05, 0) is 17.7 Å². The average Bonchev–Trinajstić information content (AvgIpc) is 2.15. The number of hydrogen-bond donors (Lipinski definition) is 0. The van der Waals surface area contributed by atoms with Crippen LogP contribution in [0, 0.1) is 5.82 Å². The van der Waals surface area contributed by atoms with Gasteiger partial charge in [-0.15, -0.1) is 11.6 Å². The molecule has 1 atom stereocenters. The zero-order chi connectivity index (χ0) is 12.3. The SMILES string of the molecule is COc1ccc(C(Cl)CC(F)(F)F)cc1F.